The highest BCUT2D eigenvalue weighted by Crippen LogP contribution is 2.37. The molecular formula is C13H24OS2. The van der Waals surface area contributed by atoms with Crippen LogP contribution in [-0.4, -0.2) is 30.5 Å². The monoisotopic (exact) mass is 260 g/mol. The smallest absolute Gasteiger partial charge is 0.0471 e. The van der Waals surface area contributed by atoms with E-state index in [1.807, 2.05) is 0 Å². The fourth-order valence-electron chi connectivity index (χ4n) is 2.77. The SMILES string of the molecule is SCC1(CSCC2CCCC2)CCOCC1. The summed E-state index contributed by atoms with van der Waals surface area (Å²) in [6.07, 6.45) is 8.32. The van der Waals surface area contributed by atoms with E-state index in [1.54, 1.807) is 0 Å². The lowest BCUT2D eigenvalue weighted by atomic mass is 9.84. The van der Waals surface area contributed by atoms with E-state index < -0.39 is 0 Å². The molecule has 3 heteroatoms. The number of thioether (sulfide) groups is 1. The van der Waals surface area contributed by atoms with Gasteiger partial charge in [0.1, 0.15) is 0 Å². The Morgan fingerprint density at radius 1 is 1.19 bits per heavy atom. The summed E-state index contributed by atoms with van der Waals surface area (Å²) in [5.74, 6) is 4.74. The third-order valence-corrected chi connectivity index (χ3v) is 6.32. The van der Waals surface area contributed by atoms with Crippen molar-refractivity contribution in [2.75, 3.05) is 30.5 Å². The Kier molecular flexibility index (Phi) is 5.37. The molecule has 2 rings (SSSR count). The Bertz CT molecular complexity index is 196. The highest BCUT2D eigenvalue weighted by atomic mass is 32.2. The molecular weight excluding hydrogens is 236 g/mol. The van der Waals surface area contributed by atoms with E-state index in [2.05, 4.69) is 24.4 Å². The van der Waals surface area contributed by atoms with E-state index in [9.17, 15) is 0 Å². The first-order valence-electron chi connectivity index (χ1n) is 6.61. The van der Waals surface area contributed by atoms with E-state index in [0.29, 0.717) is 5.41 Å². The molecule has 1 nitrogen and oxygen atoms in total. The topological polar surface area (TPSA) is 9.23 Å². The average molecular weight is 260 g/mol. The van der Waals surface area contributed by atoms with Crippen molar-refractivity contribution in [1.82, 2.24) is 0 Å². The zero-order valence-electron chi connectivity index (χ0n) is 10.1. The maximum Gasteiger partial charge on any atom is 0.0471 e. The van der Waals surface area contributed by atoms with Gasteiger partial charge in [-0.05, 0) is 54.3 Å². The van der Waals surface area contributed by atoms with E-state index in [4.69, 9.17) is 4.74 Å². The predicted molar refractivity (Wildman–Crippen MR) is 75.6 cm³/mol. The average Bonchev–Trinajstić information content (AvgIpc) is 2.83. The summed E-state index contributed by atoms with van der Waals surface area (Å²) in [6, 6.07) is 0. The van der Waals surface area contributed by atoms with Crippen molar-refractivity contribution >= 4 is 24.4 Å². The van der Waals surface area contributed by atoms with Crippen molar-refractivity contribution in [3.05, 3.63) is 0 Å². The fraction of sp³-hybridized carbons (Fsp3) is 1.00. The Balaban J connectivity index is 1.69. The summed E-state index contributed by atoms with van der Waals surface area (Å²) >= 11 is 6.74. The molecule has 0 N–H and O–H groups in total. The lowest BCUT2D eigenvalue weighted by Crippen LogP contribution is -2.33. The summed E-state index contributed by atoms with van der Waals surface area (Å²) in [7, 11) is 0. The maximum atomic E-state index is 5.46. The van der Waals surface area contributed by atoms with Gasteiger partial charge >= 0.3 is 0 Å². The van der Waals surface area contributed by atoms with Crippen LogP contribution in [0.1, 0.15) is 38.5 Å². The molecule has 0 aromatic heterocycles. The molecule has 0 spiro atoms. The molecule has 2 aliphatic rings. The van der Waals surface area contributed by atoms with Crippen LogP contribution in [0.5, 0.6) is 0 Å². The first-order chi connectivity index (χ1) is 7.85. The van der Waals surface area contributed by atoms with Gasteiger partial charge in [0.15, 0.2) is 0 Å². The number of thiol groups is 1. The predicted octanol–water partition coefficient (Wildman–Crippen LogP) is 3.64. The largest absolute Gasteiger partial charge is 0.381 e. The van der Waals surface area contributed by atoms with Crippen LogP contribution in [0.2, 0.25) is 0 Å². The number of rotatable bonds is 5. The van der Waals surface area contributed by atoms with Crippen molar-refractivity contribution in [3.63, 3.8) is 0 Å². The van der Waals surface area contributed by atoms with E-state index in [-0.39, 0.29) is 0 Å². The van der Waals surface area contributed by atoms with Crippen molar-refractivity contribution in [2.45, 2.75) is 38.5 Å². The first-order valence-corrected chi connectivity index (χ1v) is 8.40. The second-order valence-electron chi connectivity index (χ2n) is 5.44. The van der Waals surface area contributed by atoms with Gasteiger partial charge in [-0.25, -0.2) is 0 Å². The first kappa shape index (κ1) is 13.1. The molecule has 0 aromatic rings. The van der Waals surface area contributed by atoms with Gasteiger partial charge in [0, 0.05) is 13.2 Å². The summed E-state index contributed by atoms with van der Waals surface area (Å²) in [6.45, 7) is 1.90. The molecule has 1 aliphatic heterocycles. The third kappa shape index (κ3) is 3.58. The highest BCUT2D eigenvalue weighted by molar-refractivity contribution is 7.99. The lowest BCUT2D eigenvalue weighted by Gasteiger charge is -2.35. The summed E-state index contributed by atoms with van der Waals surface area (Å²) in [4.78, 5) is 0. The van der Waals surface area contributed by atoms with Crippen LogP contribution in [0, 0.1) is 11.3 Å². The molecule has 0 amide bonds. The summed E-state index contributed by atoms with van der Waals surface area (Å²) < 4.78 is 5.46. The molecule has 16 heavy (non-hydrogen) atoms. The minimum Gasteiger partial charge on any atom is -0.381 e. The molecule has 0 atom stereocenters. The van der Waals surface area contributed by atoms with Gasteiger partial charge in [-0.15, -0.1) is 0 Å². The van der Waals surface area contributed by atoms with E-state index in [0.717, 1.165) is 24.9 Å². The van der Waals surface area contributed by atoms with Crippen LogP contribution in [-0.2, 0) is 4.74 Å². The number of ether oxygens (including phenoxy) is 1. The van der Waals surface area contributed by atoms with Gasteiger partial charge in [-0.3, -0.25) is 0 Å². The number of hydrogen-bond acceptors (Lipinski definition) is 3. The van der Waals surface area contributed by atoms with Gasteiger partial charge in [0.25, 0.3) is 0 Å². The molecule has 94 valence electrons. The van der Waals surface area contributed by atoms with Crippen LogP contribution in [0.3, 0.4) is 0 Å². The van der Waals surface area contributed by atoms with Crippen molar-refractivity contribution < 1.29 is 4.74 Å². The second-order valence-corrected chi connectivity index (χ2v) is 6.78. The number of hydrogen-bond donors (Lipinski definition) is 1. The molecule has 0 unspecified atom stereocenters. The zero-order chi connectivity index (χ0) is 11.3. The Morgan fingerprint density at radius 3 is 2.50 bits per heavy atom. The van der Waals surface area contributed by atoms with E-state index >= 15 is 0 Å². The van der Waals surface area contributed by atoms with Crippen molar-refractivity contribution in [2.24, 2.45) is 11.3 Å². The van der Waals surface area contributed by atoms with E-state index in [1.165, 1.54) is 50.0 Å². The minimum atomic E-state index is 0.477. The quantitative estimate of drug-likeness (QED) is 0.756. The Morgan fingerprint density at radius 2 is 1.88 bits per heavy atom. The summed E-state index contributed by atoms with van der Waals surface area (Å²) in [5.41, 5.74) is 0.477. The normalized spacial score (nSPS) is 26.1. The molecule has 2 fully saturated rings. The Hall–Kier alpha value is 0.660. The molecule has 1 heterocycles. The summed E-state index contributed by atoms with van der Waals surface area (Å²) in [5, 5.41) is 0. The molecule has 0 bridgehead atoms. The van der Waals surface area contributed by atoms with Crippen LogP contribution < -0.4 is 0 Å². The van der Waals surface area contributed by atoms with Crippen molar-refractivity contribution in [3.8, 4) is 0 Å². The second kappa shape index (κ2) is 6.55. The standard InChI is InChI=1S/C13H24OS2/c15-10-13(5-7-14-8-6-13)11-16-9-12-3-1-2-4-12/h12,15H,1-11H2. The lowest BCUT2D eigenvalue weighted by molar-refractivity contribution is 0.0371. The molecule has 1 aliphatic carbocycles. The molecule has 1 saturated heterocycles. The third-order valence-electron chi connectivity index (χ3n) is 4.13. The molecule has 0 radical (unpaired) electrons. The van der Waals surface area contributed by atoms with Gasteiger partial charge in [-0.1, -0.05) is 12.8 Å². The van der Waals surface area contributed by atoms with Crippen molar-refractivity contribution in [1.29, 1.82) is 0 Å². The molecule has 1 saturated carbocycles. The Labute approximate surface area is 109 Å². The molecule has 0 aromatic carbocycles. The van der Waals surface area contributed by atoms with Gasteiger partial charge in [0.05, 0.1) is 0 Å². The highest BCUT2D eigenvalue weighted by Gasteiger charge is 2.31. The fourth-order valence-corrected chi connectivity index (χ4v) is 4.96. The van der Waals surface area contributed by atoms with Gasteiger partial charge in [0.2, 0.25) is 0 Å². The van der Waals surface area contributed by atoms with Crippen LogP contribution >= 0.6 is 24.4 Å². The van der Waals surface area contributed by atoms with Gasteiger partial charge in [-0.2, -0.15) is 24.4 Å². The van der Waals surface area contributed by atoms with Crippen LogP contribution in [0.25, 0.3) is 0 Å². The van der Waals surface area contributed by atoms with Crippen LogP contribution in [0.4, 0.5) is 0 Å². The zero-order valence-corrected chi connectivity index (χ0v) is 11.8. The van der Waals surface area contributed by atoms with Crippen LogP contribution in [0.15, 0.2) is 0 Å². The van der Waals surface area contributed by atoms with Gasteiger partial charge < -0.3 is 4.74 Å². The maximum absolute atomic E-state index is 5.46. The minimum absolute atomic E-state index is 0.477.